The van der Waals surface area contributed by atoms with Gasteiger partial charge in [-0.2, -0.15) is 0 Å². The molecule has 54 heavy (non-hydrogen) atoms. The number of hydrogen-bond donors (Lipinski definition) is 9. The van der Waals surface area contributed by atoms with Gasteiger partial charge in [0.2, 0.25) is 23.6 Å². The SMILES string of the molecule is N=C(N)c1cccc(NC(=O)C[C@@H]2NC(=O)[C@H](CCCCNC(=O)C(CCCN=C(N)N)NC(=O)OCC3c4ccccc4-c4ccccc43)NC2=O)c1. The van der Waals surface area contributed by atoms with Gasteiger partial charge in [0.05, 0.1) is 6.42 Å². The lowest BCUT2D eigenvalue weighted by atomic mass is 9.98. The molecule has 3 atom stereocenters. The molecular formula is C38H46N10O6. The van der Waals surface area contributed by atoms with Crippen molar-refractivity contribution in [3.05, 3.63) is 89.5 Å². The van der Waals surface area contributed by atoms with Crippen LogP contribution in [0.2, 0.25) is 0 Å². The van der Waals surface area contributed by atoms with E-state index in [1.165, 1.54) is 6.07 Å². The largest absolute Gasteiger partial charge is 0.449 e. The maximum absolute atomic E-state index is 13.2. The fourth-order valence-electron chi connectivity index (χ4n) is 6.55. The number of hydrogen-bond acceptors (Lipinski definition) is 8. The van der Waals surface area contributed by atoms with Crippen LogP contribution in [-0.4, -0.2) is 79.3 Å². The number of ether oxygens (including phenoxy) is 1. The van der Waals surface area contributed by atoms with Gasteiger partial charge in [-0.15, -0.1) is 0 Å². The number of nitrogens with one attached hydrogen (secondary N) is 6. The van der Waals surface area contributed by atoms with E-state index in [2.05, 4.69) is 31.6 Å². The van der Waals surface area contributed by atoms with Crippen molar-refractivity contribution in [3.8, 4) is 11.1 Å². The van der Waals surface area contributed by atoms with E-state index >= 15 is 0 Å². The number of anilines is 1. The normalized spacial score (nSPS) is 16.4. The van der Waals surface area contributed by atoms with E-state index in [9.17, 15) is 24.0 Å². The summed E-state index contributed by atoms with van der Waals surface area (Å²) >= 11 is 0. The summed E-state index contributed by atoms with van der Waals surface area (Å²) in [5.74, 6) is -2.16. The molecule has 16 heteroatoms. The van der Waals surface area contributed by atoms with Gasteiger partial charge in [0.25, 0.3) is 0 Å². The molecule has 12 N–H and O–H groups in total. The van der Waals surface area contributed by atoms with E-state index in [1.54, 1.807) is 18.2 Å². The van der Waals surface area contributed by atoms with Crippen LogP contribution in [0, 0.1) is 5.41 Å². The number of benzene rings is 3. The summed E-state index contributed by atoms with van der Waals surface area (Å²) in [5.41, 5.74) is 21.5. The van der Waals surface area contributed by atoms with Gasteiger partial charge in [-0.25, -0.2) is 4.79 Å². The van der Waals surface area contributed by atoms with Gasteiger partial charge in [0.15, 0.2) is 5.96 Å². The molecular weight excluding hydrogens is 692 g/mol. The summed E-state index contributed by atoms with van der Waals surface area (Å²) in [4.78, 5) is 68.2. The number of carbonyl (C=O) groups excluding carboxylic acids is 5. The zero-order chi connectivity index (χ0) is 38.6. The molecule has 0 bridgehead atoms. The van der Waals surface area contributed by atoms with Crippen molar-refractivity contribution in [2.45, 2.75) is 62.6 Å². The van der Waals surface area contributed by atoms with Crippen LogP contribution in [-0.2, 0) is 23.9 Å². The third-order valence-electron chi connectivity index (χ3n) is 9.23. The molecule has 284 valence electrons. The van der Waals surface area contributed by atoms with Crippen molar-refractivity contribution >= 4 is 47.2 Å². The number of unbranched alkanes of at least 4 members (excludes halogenated alkanes) is 1. The highest BCUT2D eigenvalue weighted by molar-refractivity contribution is 6.02. The molecule has 5 rings (SSSR count). The Labute approximate surface area is 312 Å². The number of aliphatic imine (C=N–C) groups is 1. The summed E-state index contributed by atoms with van der Waals surface area (Å²) in [6, 6.07) is 19.7. The number of fused-ring (bicyclic) bond motifs is 3. The Bertz CT molecular complexity index is 1870. The molecule has 1 heterocycles. The number of carbonyl (C=O) groups is 5. The molecule has 1 saturated heterocycles. The predicted molar refractivity (Wildman–Crippen MR) is 203 cm³/mol. The summed E-state index contributed by atoms with van der Waals surface area (Å²) in [6.45, 7) is 0.623. The molecule has 0 saturated carbocycles. The van der Waals surface area contributed by atoms with Gasteiger partial charge in [-0.1, -0.05) is 60.7 Å². The maximum atomic E-state index is 13.2. The van der Waals surface area contributed by atoms with Crippen LogP contribution >= 0.6 is 0 Å². The second-order valence-electron chi connectivity index (χ2n) is 13.1. The molecule has 3 aromatic carbocycles. The zero-order valence-electron chi connectivity index (χ0n) is 29.7. The second-order valence-corrected chi connectivity index (χ2v) is 13.1. The van der Waals surface area contributed by atoms with Crippen LogP contribution in [0.4, 0.5) is 10.5 Å². The lowest BCUT2D eigenvalue weighted by Crippen LogP contribution is -2.62. The zero-order valence-corrected chi connectivity index (χ0v) is 29.7. The number of guanidine groups is 1. The van der Waals surface area contributed by atoms with E-state index < -0.39 is 47.8 Å². The first-order valence-electron chi connectivity index (χ1n) is 17.8. The third-order valence-corrected chi connectivity index (χ3v) is 9.23. The highest BCUT2D eigenvalue weighted by Gasteiger charge is 2.35. The number of amides is 5. The molecule has 0 aromatic heterocycles. The molecule has 16 nitrogen and oxygen atoms in total. The lowest BCUT2D eigenvalue weighted by Gasteiger charge is -2.29. The smallest absolute Gasteiger partial charge is 0.407 e. The average Bonchev–Trinajstić information content (AvgIpc) is 3.47. The fraction of sp³-hybridized carbons (Fsp3) is 0.342. The van der Waals surface area contributed by atoms with Gasteiger partial charge in [-0.3, -0.25) is 29.6 Å². The quantitative estimate of drug-likeness (QED) is 0.0551. The second kappa shape index (κ2) is 18.3. The molecule has 3 aromatic rings. The summed E-state index contributed by atoms with van der Waals surface area (Å²) in [5, 5.41) is 21.0. The van der Waals surface area contributed by atoms with Crippen LogP contribution < -0.4 is 43.8 Å². The van der Waals surface area contributed by atoms with Crippen molar-refractivity contribution in [1.82, 2.24) is 21.3 Å². The Kier molecular flexibility index (Phi) is 13.2. The molecule has 1 aliphatic carbocycles. The number of nitrogens with two attached hydrogens (primary N) is 3. The highest BCUT2D eigenvalue weighted by Crippen LogP contribution is 2.44. The maximum Gasteiger partial charge on any atom is 0.407 e. The topological polar surface area (TPSA) is 269 Å². The summed E-state index contributed by atoms with van der Waals surface area (Å²) in [7, 11) is 0. The molecule has 0 radical (unpaired) electrons. The summed E-state index contributed by atoms with van der Waals surface area (Å²) in [6.07, 6.45) is 0.961. The van der Waals surface area contributed by atoms with E-state index in [1.807, 2.05) is 48.5 Å². The molecule has 1 unspecified atom stereocenters. The minimum absolute atomic E-state index is 0.0717. The number of piperazine rings is 1. The standard InChI is InChI=1S/C38H46N10O6/c39-33(40)22-9-7-10-23(19-22)45-32(49)20-31-36(52)46-30(35(51)47-31)15-5-6-17-43-34(50)29(16-8-18-44-37(41)42)48-38(53)54-21-28-26-13-3-1-11-24(26)25-12-2-4-14-27(25)28/h1-4,7,9-14,19,28-31H,5-6,8,15-18,20-21H2,(H3,39,40)(H,43,50)(H,45,49)(H,46,52)(H,47,51)(H,48,53)(H4,41,42,44)/t29?,30-,31-/m0/s1. The molecule has 1 aliphatic heterocycles. The highest BCUT2D eigenvalue weighted by atomic mass is 16.5. The van der Waals surface area contributed by atoms with E-state index in [-0.39, 0.29) is 50.3 Å². The molecule has 1 fully saturated rings. The number of nitrogen functional groups attached to an aromatic ring is 1. The van der Waals surface area contributed by atoms with E-state index in [4.69, 9.17) is 27.3 Å². The monoisotopic (exact) mass is 738 g/mol. The first-order valence-corrected chi connectivity index (χ1v) is 17.8. The number of rotatable bonds is 17. The van der Waals surface area contributed by atoms with Gasteiger partial charge >= 0.3 is 6.09 Å². The Morgan fingerprint density at radius 2 is 1.52 bits per heavy atom. The van der Waals surface area contributed by atoms with Crippen molar-refractivity contribution < 1.29 is 28.7 Å². The van der Waals surface area contributed by atoms with Gasteiger partial charge in [0.1, 0.15) is 30.6 Å². The first kappa shape index (κ1) is 38.8. The van der Waals surface area contributed by atoms with Crippen LogP contribution in [0.5, 0.6) is 0 Å². The lowest BCUT2D eigenvalue weighted by molar-refractivity contribution is -0.138. The summed E-state index contributed by atoms with van der Waals surface area (Å²) < 4.78 is 5.66. The van der Waals surface area contributed by atoms with E-state index in [0.29, 0.717) is 36.9 Å². The number of amidine groups is 1. The fourth-order valence-corrected chi connectivity index (χ4v) is 6.55. The predicted octanol–water partition coefficient (Wildman–Crippen LogP) is 1.53. The minimum Gasteiger partial charge on any atom is -0.449 e. The van der Waals surface area contributed by atoms with E-state index in [0.717, 1.165) is 22.3 Å². The average molecular weight is 739 g/mol. The van der Waals surface area contributed by atoms with Gasteiger partial charge in [0, 0.05) is 30.3 Å². The minimum atomic E-state index is -1.04. The van der Waals surface area contributed by atoms with Crippen molar-refractivity contribution in [1.29, 1.82) is 5.41 Å². The van der Waals surface area contributed by atoms with Gasteiger partial charge in [-0.05, 0) is 66.5 Å². The van der Waals surface area contributed by atoms with Crippen LogP contribution in [0.1, 0.15) is 61.1 Å². The Morgan fingerprint density at radius 3 is 2.20 bits per heavy atom. The number of nitrogens with zero attached hydrogens (tertiary/aromatic N) is 1. The van der Waals surface area contributed by atoms with Gasteiger partial charge < -0.3 is 48.5 Å². The first-order chi connectivity index (χ1) is 26.0. The van der Waals surface area contributed by atoms with Crippen molar-refractivity contribution in [2.24, 2.45) is 22.2 Å². The molecule has 5 amide bonds. The van der Waals surface area contributed by atoms with Crippen molar-refractivity contribution in [2.75, 3.05) is 25.0 Å². The Morgan fingerprint density at radius 1 is 0.852 bits per heavy atom. The van der Waals surface area contributed by atoms with Crippen LogP contribution in [0.3, 0.4) is 0 Å². The molecule has 2 aliphatic rings. The van der Waals surface area contributed by atoms with Crippen LogP contribution in [0.25, 0.3) is 11.1 Å². The van der Waals surface area contributed by atoms with Crippen molar-refractivity contribution in [3.63, 3.8) is 0 Å². The Balaban J connectivity index is 1.05. The number of alkyl carbamates (subject to hydrolysis) is 1. The Hall–Kier alpha value is -6.45. The van der Waals surface area contributed by atoms with Crippen LogP contribution in [0.15, 0.2) is 77.8 Å². The molecule has 0 spiro atoms. The third kappa shape index (κ3) is 10.3.